The van der Waals surface area contributed by atoms with E-state index >= 15 is 0 Å². The van der Waals surface area contributed by atoms with Crippen LogP contribution in [-0.4, -0.2) is 37.4 Å². The molecule has 0 aromatic carbocycles. The van der Waals surface area contributed by atoms with Crippen molar-refractivity contribution in [3.8, 4) is 0 Å². The van der Waals surface area contributed by atoms with Crippen molar-refractivity contribution in [1.29, 1.82) is 0 Å². The van der Waals surface area contributed by atoms with Gasteiger partial charge in [0.1, 0.15) is 14.4 Å². The molecular formula is C10H13BrN2O3S. The van der Waals surface area contributed by atoms with Crippen molar-refractivity contribution in [3.05, 3.63) is 28.5 Å². The van der Waals surface area contributed by atoms with Crippen molar-refractivity contribution in [2.24, 2.45) is 0 Å². The van der Waals surface area contributed by atoms with Gasteiger partial charge < -0.3 is 5.32 Å². The van der Waals surface area contributed by atoms with E-state index in [1.165, 1.54) is 6.20 Å². The quantitative estimate of drug-likeness (QED) is 0.840. The second kappa shape index (κ2) is 5.59. The van der Waals surface area contributed by atoms with Gasteiger partial charge in [0, 0.05) is 24.1 Å². The van der Waals surface area contributed by atoms with Gasteiger partial charge in [-0.05, 0) is 35.0 Å². The first-order chi connectivity index (χ1) is 7.78. The van der Waals surface area contributed by atoms with E-state index in [-0.39, 0.29) is 11.7 Å². The Morgan fingerprint density at radius 1 is 1.59 bits per heavy atom. The number of nitrogens with one attached hydrogen (secondary N) is 1. The molecule has 0 aliphatic heterocycles. The monoisotopic (exact) mass is 320 g/mol. The van der Waals surface area contributed by atoms with E-state index in [9.17, 15) is 13.2 Å². The molecule has 5 nitrogen and oxygen atoms in total. The molecule has 1 heterocycles. The highest BCUT2D eigenvalue weighted by Gasteiger charge is 2.14. The fourth-order valence-electron chi connectivity index (χ4n) is 1.35. The predicted octanol–water partition coefficient (Wildman–Crippen LogP) is 1.01. The Morgan fingerprint density at radius 2 is 2.24 bits per heavy atom. The number of hydrogen-bond acceptors (Lipinski definition) is 4. The van der Waals surface area contributed by atoms with Crippen molar-refractivity contribution in [1.82, 2.24) is 10.3 Å². The van der Waals surface area contributed by atoms with Gasteiger partial charge in [-0.2, -0.15) is 0 Å². The lowest BCUT2D eigenvalue weighted by atomic mass is 10.2. The van der Waals surface area contributed by atoms with Gasteiger partial charge in [0.05, 0.1) is 5.75 Å². The molecule has 0 radical (unpaired) electrons. The van der Waals surface area contributed by atoms with Crippen molar-refractivity contribution >= 4 is 31.7 Å². The number of halogens is 1. The smallest absolute Gasteiger partial charge is 0.251 e. The molecule has 1 N–H and O–H groups in total. The molecule has 0 fully saturated rings. The standard InChI is InChI=1S/C10H13BrN2O3S/c1-7(6-17(2,15)16)13-10(14)8-3-4-12-9(11)5-8/h3-5,7H,6H2,1-2H3,(H,13,14). The molecule has 0 saturated heterocycles. The van der Waals surface area contributed by atoms with E-state index in [2.05, 4.69) is 26.2 Å². The van der Waals surface area contributed by atoms with Crippen LogP contribution in [0.15, 0.2) is 22.9 Å². The van der Waals surface area contributed by atoms with Crippen LogP contribution < -0.4 is 5.32 Å². The van der Waals surface area contributed by atoms with Gasteiger partial charge in [0.25, 0.3) is 5.91 Å². The number of nitrogens with zero attached hydrogens (tertiary/aromatic N) is 1. The van der Waals surface area contributed by atoms with E-state index in [4.69, 9.17) is 0 Å². The minimum absolute atomic E-state index is 0.0784. The molecular weight excluding hydrogens is 308 g/mol. The summed E-state index contributed by atoms with van der Waals surface area (Å²) in [5.41, 5.74) is 0.437. The van der Waals surface area contributed by atoms with Crippen LogP contribution >= 0.6 is 15.9 Å². The average molecular weight is 321 g/mol. The largest absolute Gasteiger partial charge is 0.349 e. The van der Waals surface area contributed by atoms with E-state index in [1.54, 1.807) is 19.1 Å². The Bertz CT molecular complexity index is 516. The van der Waals surface area contributed by atoms with Crippen molar-refractivity contribution in [2.75, 3.05) is 12.0 Å². The maximum Gasteiger partial charge on any atom is 0.251 e. The van der Waals surface area contributed by atoms with Crippen molar-refractivity contribution in [3.63, 3.8) is 0 Å². The van der Waals surface area contributed by atoms with Crippen LogP contribution in [0, 0.1) is 0 Å². The summed E-state index contributed by atoms with van der Waals surface area (Å²) in [6, 6.07) is 2.71. The molecule has 1 atom stereocenters. The highest BCUT2D eigenvalue weighted by Crippen LogP contribution is 2.08. The Balaban J connectivity index is 2.67. The Morgan fingerprint density at radius 3 is 2.76 bits per heavy atom. The summed E-state index contributed by atoms with van der Waals surface area (Å²) in [4.78, 5) is 15.6. The third-order valence-electron chi connectivity index (χ3n) is 1.92. The number of amides is 1. The molecule has 0 spiro atoms. The molecule has 94 valence electrons. The zero-order chi connectivity index (χ0) is 13.1. The normalized spacial score (nSPS) is 13.1. The van der Waals surface area contributed by atoms with E-state index in [0.717, 1.165) is 6.26 Å². The minimum Gasteiger partial charge on any atom is -0.349 e. The third kappa shape index (κ3) is 5.27. The predicted molar refractivity (Wildman–Crippen MR) is 68.6 cm³/mol. The molecule has 0 saturated carbocycles. The van der Waals surface area contributed by atoms with Crippen LogP contribution in [0.3, 0.4) is 0 Å². The fraction of sp³-hybridized carbons (Fsp3) is 0.400. The highest BCUT2D eigenvalue weighted by atomic mass is 79.9. The topological polar surface area (TPSA) is 76.1 Å². The summed E-state index contributed by atoms with van der Waals surface area (Å²) in [7, 11) is -3.10. The van der Waals surface area contributed by atoms with Gasteiger partial charge >= 0.3 is 0 Å². The maximum atomic E-state index is 11.7. The van der Waals surface area contributed by atoms with Crippen molar-refractivity contribution in [2.45, 2.75) is 13.0 Å². The first-order valence-electron chi connectivity index (χ1n) is 4.88. The zero-order valence-corrected chi connectivity index (χ0v) is 11.9. The lowest BCUT2D eigenvalue weighted by Gasteiger charge is -2.12. The highest BCUT2D eigenvalue weighted by molar-refractivity contribution is 9.10. The Kier molecular flexibility index (Phi) is 4.64. The lowest BCUT2D eigenvalue weighted by molar-refractivity contribution is 0.0943. The van der Waals surface area contributed by atoms with Gasteiger partial charge in [-0.15, -0.1) is 0 Å². The molecule has 1 unspecified atom stereocenters. The molecule has 0 bridgehead atoms. The molecule has 7 heteroatoms. The first-order valence-corrected chi connectivity index (χ1v) is 7.73. The summed E-state index contributed by atoms with van der Waals surface area (Å²) in [6.07, 6.45) is 2.64. The van der Waals surface area contributed by atoms with Crippen LogP contribution in [0.1, 0.15) is 17.3 Å². The van der Waals surface area contributed by atoms with Crippen molar-refractivity contribution < 1.29 is 13.2 Å². The number of aromatic nitrogens is 1. The van der Waals surface area contributed by atoms with Crippen LogP contribution in [0.2, 0.25) is 0 Å². The van der Waals surface area contributed by atoms with Gasteiger partial charge in [0.2, 0.25) is 0 Å². The SMILES string of the molecule is CC(CS(C)(=O)=O)NC(=O)c1ccnc(Br)c1. The Labute approximate surface area is 109 Å². The number of rotatable bonds is 4. The number of carbonyl (C=O) groups is 1. The molecule has 1 rings (SSSR count). The van der Waals surface area contributed by atoms with Crippen LogP contribution in [0.5, 0.6) is 0 Å². The summed E-state index contributed by atoms with van der Waals surface area (Å²) < 4.78 is 22.6. The molecule has 0 aliphatic carbocycles. The summed E-state index contributed by atoms with van der Waals surface area (Å²) in [5.74, 6) is -0.394. The van der Waals surface area contributed by atoms with Gasteiger partial charge in [0.15, 0.2) is 0 Å². The van der Waals surface area contributed by atoms with Gasteiger partial charge in [-0.25, -0.2) is 13.4 Å². The van der Waals surface area contributed by atoms with Crippen LogP contribution in [0.25, 0.3) is 0 Å². The average Bonchev–Trinajstić information content (AvgIpc) is 2.14. The first kappa shape index (κ1) is 14.1. The number of pyridine rings is 1. The maximum absolute atomic E-state index is 11.7. The summed E-state index contributed by atoms with van der Waals surface area (Å²) >= 11 is 3.16. The van der Waals surface area contributed by atoms with E-state index in [0.29, 0.717) is 10.2 Å². The molecule has 1 aromatic rings. The van der Waals surface area contributed by atoms with Gasteiger partial charge in [-0.1, -0.05) is 0 Å². The molecule has 1 aromatic heterocycles. The second-order valence-electron chi connectivity index (χ2n) is 3.83. The molecule has 1 amide bonds. The zero-order valence-electron chi connectivity index (χ0n) is 9.47. The third-order valence-corrected chi connectivity index (χ3v) is 3.46. The summed E-state index contributed by atoms with van der Waals surface area (Å²) in [6.45, 7) is 1.65. The summed E-state index contributed by atoms with van der Waals surface area (Å²) in [5, 5.41) is 2.61. The molecule has 17 heavy (non-hydrogen) atoms. The van der Waals surface area contributed by atoms with E-state index in [1.807, 2.05) is 0 Å². The Hall–Kier alpha value is -0.950. The van der Waals surface area contributed by atoms with Crippen LogP contribution in [0.4, 0.5) is 0 Å². The van der Waals surface area contributed by atoms with Crippen LogP contribution in [-0.2, 0) is 9.84 Å². The number of hydrogen-bond donors (Lipinski definition) is 1. The number of carbonyl (C=O) groups excluding carboxylic acids is 1. The fourth-order valence-corrected chi connectivity index (χ4v) is 2.70. The van der Waals surface area contributed by atoms with E-state index < -0.39 is 15.9 Å². The second-order valence-corrected chi connectivity index (χ2v) is 6.83. The molecule has 0 aliphatic rings. The van der Waals surface area contributed by atoms with Gasteiger partial charge in [-0.3, -0.25) is 4.79 Å². The number of sulfone groups is 1. The minimum atomic E-state index is -3.10. The lowest BCUT2D eigenvalue weighted by Crippen LogP contribution is -2.37.